The van der Waals surface area contributed by atoms with Gasteiger partial charge in [-0.2, -0.15) is 13.2 Å². The lowest BCUT2D eigenvalue weighted by molar-refractivity contribution is -0.388. The van der Waals surface area contributed by atoms with Gasteiger partial charge in [0.1, 0.15) is 5.69 Å². The van der Waals surface area contributed by atoms with Crippen molar-refractivity contribution >= 4 is 22.5 Å². The molecule has 0 aromatic carbocycles. The van der Waals surface area contributed by atoms with Crippen molar-refractivity contribution in [2.45, 2.75) is 12.5 Å². The summed E-state index contributed by atoms with van der Waals surface area (Å²) in [6.07, 6.45) is -10.8. The van der Waals surface area contributed by atoms with Gasteiger partial charge >= 0.3 is 12.5 Å². The van der Waals surface area contributed by atoms with Gasteiger partial charge in [-0.3, -0.25) is 14.9 Å². The molecule has 1 aromatic rings. The van der Waals surface area contributed by atoms with Crippen molar-refractivity contribution in [3.8, 4) is 5.88 Å². The molecule has 0 unspecified atom stereocenters. The second-order valence-corrected chi connectivity index (χ2v) is 3.62. The van der Waals surface area contributed by atoms with Crippen molar-refractivity contribution in [1.82, 2.24) is 4.98 Å². The van der Waals surface area contributed by atoms with E-state index in [1.807, 2.05) is 0 Å². The van der Waals surface area contributed by atoms with Gasteiger partial charge in [-0.1, -0.05) is 0 Å². The maximum absolute atomic E-state index is 12.7. The molecule has 1 heterocycles. The summed E-state index contributed by atoms with van der Waals surface area (Å²) in [5, 5.41) is 8.62. The third-order valence-electron chi connectivity index (χ3n) is 1.86. The van der Waals surface area contributed by atoms with E-state index in [2.05, 4.69) is 9.72 Å². The smallest absolute Gasteiger partial charge is 0.388 e. The molecule has 0 N–H and O–H groups in total. The van der Waals surface area contributed by atoms with Gasteiger partial charge in [-0.25, -0.2) is 4.98 Å². The number of pyridine rings is 1. The summed E-state index contributed by atoms with van der Waals surface area (Å²) in [7, 11) is 0. The minimum atomic E-state index is -5.44. The molecule has 21 heavy (non-hydrogen) atoms. The summed E-state index contributed by atoms with van der Waals surface area (Å²) in [5.74, 6) is -1.62. The lowest BCUT2D eigenvalue weighted by Crippen LogP contribution is -2.21. The van der Waals surface area contributed by atoms with Crippen LogP contribution >= 0.6 is 11.6 Å². The van der Waals surface area contributed by atoms with Gasteiger partial charge in [0.15, 0.2) is 5.56 Å². The second-order valence-electron chi connectivity index (χ2n) is 3.28. The van der Waals surface area contributed by atoms with E-state index in [1.54, 1.807) is 0 Å². The molecule has 0 aliphatic carbocycles. The summed E-state index contributed by atoms with van der Waals surface area (Å²) in [5.41, 5.74) is -5.78. The van der Waals surface area contributed by atoms with Crippen LogP contribution in [0.5, 0.6) is 5.88 Å². The average molecular weight is 339 g/mol. The third kappa shape index (κ3) is 4.18. The molecule has 13 heteroatoms. The van der Waals surface area contributed by atoms with Gasteiger partial charge in [0.2, 0.25) is 5.88 Å². The summed E-state index contributed by atoms with van der Waals surface area (Å²) >= 11 is 4.77. The Labute approximate surface area is 115 Å². The number of hydrogen-bond donors (Lipinski definition) is 0. The van der Waals surface area contributed by atoms with E-state index in [4.69, 9.17) is 11.6 Å². The number of ether oxygens (including phenoxy) is 1. The van der Waals surface area contributed by atoms with E-state index in [-0.39, 0.29) is 6.07 Å². The predicted molar refractivity (Wildman–Crippen MR) is 52.8 cm³/mol. The van der Waals surface area contributed by atoms with Crippen LogP contribution in [0.15, 0.2) is 6.07 Å². The van der Waals surface area contributed by atoms with Crippen molar-refractivity contribution in [2.24, 2.45) is 0 Å². The first-order valence-corrected chi connectivity index (χ1v) is 4.93. The molecule has 0 spiro atoms. The topological polar surface area (TPSA) is 82.3 Å². The van der Waals surface area contributed by atoms with Gasteiger partial charge in [-0.15, -0.1) is 13.2 Å². The lowest BCUT2D eigenvalue weighted by Gasteiger charge is -2.13. The van der Waals surface area contributed by atoms with Crippen LogP contribution in [-0.2, 0) is 6.18 Å². The van der Waals surface area contributed by atoms with Gasteiger partial charge in [0.25, 0.3) is 10.9 Å². The fraction of sp³-hybridized carbons (Fsp3) is 0.250. The molecule has 0 amide bonds. The summed E-state index contributed by atoms with van der Waals surface area (Å²) < 4.78 is 77.1. The van der Waals surface area contributed by atoms with Crippen LogP contribution < -0.4 is 4.74 Å². The Morgan fingerprint density at radius 1 is 1.29 bits per heavy atom. The van der Waals surface area contributed by atoms with Crippen LogP contribution in [0.3, 0.4) is 0 Å². The van der Waals surface area contributed by atoms with E-state index < -0.39 is 45.5 Å². The van der Waals surface area contributed by atoms with Gasteiger partial charge in [0.05, 0.1) is 11.0 Å². The Bertz CT molecular complexity index is 564. The summed E-state index contributed by atoms with van der Waals surface area (Å²) in [6.45, 7) is 0. The van der Waals surface area contributed by atoms with Gasteiger partial charge in [0, 0.05) is 0 Å². The highest BCUT2D eigenvalue weighted by Crippen LogP contribution is 2.40. The maximum atomic E-state index is 12.7. The van der Waals surface area contributed by atoms with Crippen molar-refractivity contribution in [1.29, 1.82) is 0 Å². The first-order chi connectivity index (χ1) is 9.33. The highest BCUT2D eigenvalue weighted by Gasteiger charge is 2.45. The molecule has 1 rings (SSSR count). The molecule has 116 valence electrons. The Balaban J connectivity index is 3.65. The number of carbonyl (C=O) groups is 1. The van der Waals surface area contributed by atoms with E-state index >= 15 is 0 Å². The molecular formula is C8HClF6N2O4. The van der Waals surface area contributed by atoms with Gasteiger partial charge in [-0.05, 0) is 11.6 Å². The van der Waals surface area contributed by atoms with Crippen LogP contribution in [-0.4, -0.2) is 21.5 Å². The van der Waals surface area contributed by atoms with Crippen molar-refractivity contribution in [3.63, 3.8) is 0 Å². The minimum Gasteiger partial charge on any atom is -0.388 e. The van der Waals surface area contributed by atoms with Gasteiger partial charge < -0.3 is 4.74 Å². The largest absolute Gasteiger partial charge is 0.574 e. The Morgan fingerprint density at radius 2 is 1.81 bits per heavy atom. The zero-order valence-corrected chi connectivity index (χ0v) is 10.0. The number of alkyl halides is 6. The quantitative estimate of drug-likeness (QED) is 0.365. The summed E-state index contributed by atoms with van der Waals surface area (Å²) in [4.78, 5) is 22.4. The molecular weight excluding hydrogens is 338 g/mol. The Kier molecular flexibility index (Phi) is 4.32. The van der Waals surface area contributed by atoms with Crippen LogP contribution in [0.4, 0.5) is 32.0 Å². The molecule has 0 saturated heterocycles. The number of rotatable bonds is 3. The number of aromatic nitrogens is 1. The van der Waals surface area contributed by atoms with E-state index in [0.29, 0.717) is 0 Å². The van der Waals surface area contributed by atoms with E-state index in [9.17, 15) is 41.3 Å². The molecule has 0 fully saturated rings. The fourth-order valence-electron chi connectivity index (χ4n) is 1.25. The monoisotopic (exact) mass is 338 g/mol. The Hall–Kier alpha value is -2.11. The van der Waals surface area contributed by atoms with E-state index in [0.717, 1.165) is 0 Å². The molecule has 0 aliphatic heterocycles. The standard InChI is InChI=1S/C8HClF6N2O4/c9-6(18)5-4(7(10,11)12)2(17(19)20)1-3(16-5)21-8(13,14)15/h1H. The molecule has 1 aromatic heterocycles. The van der Waals surface area contributed by atoms with Crippen molar-refractivity contribution in [2.75, 3.05) is 0 Å². The SMILES string of the molecule is O=C(Cl)c1nc(OC(F)(F)F)cc([N+](=O)[O-])c1C(F)(F)F. The summed E-state index contributed by atoms with van der Waals surface area (Å²) in [6, 6.07) is -0.209. The third-order valence-corrected chi connectivity index (χ3v) is 2.04. The van der Waals surface area contributed by atoms with Crippen LogP contribution in [0, 0.1) is 10.1 Å². The minimum absolute atomic E-state index is 0.209. The Morgan fingerprint density at radius 3 is 2.14 bits per heavy atom. The van der Waals surface area contributed by atoms with Crippen LogP contribution in [0.2, 0.25) is 0 Å². The zero-order valence-electron chi connectivity index (χ0n) is 9.25. The van der Waals surface area contributed by atoms with Crippen LogP contribution in [0.25, 0.3) is 0 Å². The first-order valence-electron chi connectivity index (χ1n) is 4.55. The number of nitrogens with zero attached hydrogens (tertiary/aromatic N) is 2. The molecule has 0 aliphatic rings. The zero-order chi connectivity index (χ0) is 16.6. The number of nitro groups is 1. The second kappa shape index (κ2) is 5.35. The molecule has 0 radical (unpaired) electrons. The highest BCUT2D eigenvalue weighted by molar-refractivity contribution is 6.67. The normalized spacial score (nSPS) is 12.1. The average Bonchev–Trinajstić information content (AvgIpc) is 2.23. The van der Waals surface area contributed by atoms with Crippen molar-refractivity contribution < 1.29 is 40.8 Å². The lowest BCUT2D eigenvalue weighted by atomic mass is 10.1. The van der Waals surface area contributed by atoms with Crippen molar-refractivity contribution in [3.05, 3.63) is 27.4 Å². The maximum Gasteiger partial charge on any atom is 0.574 e. The number of halogens is 7. The molecule has 0 bridgehead atoms. The molecule has 0 saturated carbocycles. The van der Waals surface area contributed by atoms with Crippen LogP contribution in [0.1, 0.15) is 16.1 Å². The highest BCUT2D eigenvalue weighted by atomic mass is 35.5. The molecule has 0 atom stereocenters. The van der Waals surface area contributed by atoms with E-state index in [1.165, 1.54) is 0 Å². The number of hydrogen-bond acceptors (Lipinski definition) is 5. The first kappa shape index (κ1) is 16.9. The molecule has 6 nitrogen and oxygen atoms in total. The fourth-order valence-corrected chi connectivity index (χ4v) is 1.38. The predicted octanol–water partition coefficient (Wildman–Crippen LogP) is 3.29. The number of carbonyl (C=O) groups excluding carboxylic acids is 1.